The molecule has 0 saturated heterocycles. The Morgan fingerprint density at radius 2 is 2.00 bits per heavy atom. The number of nitrogens with one attached hydrogen (secondary N) is 1. The van der Waals surface area contributed by atoms with Gasteiger partial charge < -0.3 is 10.1 Å². The molecular weight excluding hydrogens is 250 g/mol. The molecule has 0 aliphatic heterocycles. The molecule has 1 aromatic heterocycles. The summed E-state index contributed by atoms with van der Waals surface area (Å²) in [4.78, 5) is 0. The monoisotopic (exact) mass is 273 g/mol. The Kier molecular flexibility index (Phi) is 5.04. The summed E-state index contributed by atoms with van der Waals surface area (Å²) < 4.78 is 7.60. The summed E-state index contributed by atoms with van der Waals surface area (Å²) >= 11 is 0. The number of ether oxygens (including phenoxy) is 1. The van der Waals surface area contributed by atoms with Crippen molar-refractivity contribution in [2.45, 2.75) is 46.4 Å². The maximum atomic E-state index is 5.62. The third-order valence-electron chi connectivity index (χ3n) is 2.86. The predicted octanol–water partition coefficient (Wildman–Crippen LogP) is 3.69. The van der Waals surface area contributed by atoms with Crippen LogP contribution in [0.4, 0.5) is 5.69 Å². The van der Waals surface area contributed by atoms with Gasteiger partial charge in [-0.05, 0) is 44.5 Å². The first-order chi connectivity index (χ1) is 9.67. The van der Waals surface area contributed by atoms with Gasteiger partial charge in [-0.3, -0.25) is 4.68 Å². The van der Waals surface area contributed by atoms with E-state index in [0.29, 0.717) is 0 Å². The Morgan fingerprint density at radius 3 is 2.65 bits per heavy atom. The topological polar surface area (TPSA) is 39.1 Å². The molecule has 0 radical (unpaired) electrons. The molecule has 1 heterocycles. The van der Waals surface area contributed by atoms with Crippen LogP contribution in [0.15, 0.2) is 36.7 Å². The lowest BCUT2D eigenvalue weighted by Gasteiger charge is -2.10. The van der Waals surface area contributed by atoms with Gasteiger partial charge in [0.2, 0.25) is 0 Å². The molecule has 2 rings (SSSR count). The first-order valence-electron chi connectivity index (χ1n) is 7.19. The van der Waals surface area contributed by atoms with Crippen LogP contribution in [-0.4, -0.2) is 15.9 Å². The van der Waals surface area contributed by atoms with E-state index in [1.165, 1.54) is 5.56 Å². The lowest BCUT2D eigenvalue weighted by Crippen LogP contribution is -2.05. The molecule has 2 aromatic rings. The summed E-state index contributed by atoms with van der Waals surface area (Å²) in [7, 11) is 0. The zero-order chi connectivity index (χ0) is 14.4. The molecular formula is C16H23N3O. The molecule has 0 saturated carbocycles. The van der Waals surface area contributed by atoms with Crippen LogP contribution in [0.25, 0.3) is 0 Å². The summed E-state index contributed by atoms with van der Waals surface area (Å²) in [5.74, 6) is 0.904. The Labute approximate surface area is 120 Å². The summed E-state index contributed by atoms with van der Waals surface area (Å²) in [6.45, 7) is 7.97. The van der Waals surface area contributed by atoms with E-state index in [0.717, 1.165) is 30.9 Å². The second kappa shape index (κ2) is 6.98. The van der Waals surface area contributed by atoms with Gasteiger partial charge in [-0.1, -0.05) is 6.92 Å². The first-order valence-corrected chi connectivity index (χ1v) is 7.19. The van der Waals surface area contributed by atoms with Crippen molar-refractivity contribution in [1.29, 1.82) is 0 Å². The van der Waals surface area contributed by atoms with Crippen LogP contribution in [0.1, 0.15) is 32.8 Å². The van der Waals surface area contributed by atoms with Gasteiger partial charge in [-0.2, -0.15) is 5.10 Å². The molecule has 0 aliphatic rings. The molecule has 0 fully saturated rings. The van der Waals surface area contributed by atoms with Crippen molar-refractivity contribution < 1.29 is 4.74 Å². The highest BCUT2D eigenvalue weighted by atomic mass is 16.5. The van der Waals surface area contributed by atoms with E-state index in [9.17, 15) is 0 Å². The highest BCUT2D eigenvalue weighted by Crippen LogP contribution is 2.17. The van der Waals surface area contributed by atoms with Gasteiger partial charge in [0, 0.05) is 30.5 Å². The molecule has 0 unspecified atom stereocenters. The summed E-state index contributed by atoms with van der Waals surface area (Å²) in [5, 5.41) is 7.71. The highest BCUT2D eigenvalue weighted by molar-refractivity contribution is 5.46. The smallest absolute Gasteiger partial charge is 0.119 e. The molecule has 4 heteroatoms. The van der Waals surface area contributed by atoms with Crippen molar-refractivity contribution >= 4 is 5.69 Å². The fourth-order valence-electron chi connectivity index (χ4n) is 1.98. The number of benzene rings is 1. The molecule has 0 amide bonds. The van der Waals surface area contributed by atoms with E-state index in [4.69, 9.17) is 4.74 Å². The standard InChI is InChI=1S/C16H23N3O/c1-4-9-19-12-14(11-18-19)10-17-15-5-7-16(8-6-15)20-13(2)3/h5-8,11-13,17H,4,9-10H2,1-3H3. The average Bonchev–Trinajstić information content (AvgIpc) is 2.86. The largest absolute Gasteiger partial charge is 0.491 e. The van der Waals surface area contributed by atoms with Gasteiger partial charge in [0.05, 0.1) is 12.3 Å². The molecule has 0 aliphatic carbocycles. The van der Waals surface area contributed by atoms with Crippen molar-refractivity contribution in [3.8, 4) is 5.75 Å². The number of aromatic nitrogens is 2. The normalized spacial score (nSPS) is 10.8. The molecule has 4 nitrogen and oxygen atoms in total. The molecule has 1 N–H and O–H groups in total. The van der Waals surface area contributed by atoms with Crippen LogP contribution in [0.3, 0.4) is 0 Å². The van der Waals surface area contributed by atoms with Crippen LogP contribution in [0.2, 0.25) is 0 Å². The minimum atomic E-state index is 0.207. The van der Waals surface area contributed by atoms with Crippen LogP contribution >= 0.6 is 0 Å². The molecule has 20 heavy (non-hydrogen) atoms. The Morgan fingerprint density at radius 1 is 1.25 bits per heavy atom. The number of anilines is 1. The minimum Gasteiger partial charge on any atom is -0.491 e. The van der Waals surface area contributed by atoms with Crippen LogP contribution in [0, 0.1) is 0 Å². The van der Waals surface area contributed by atoms with Gasteiger partial charge >= 0.3 is 0 Å². The maximum Gasteiger partial charge on any atom is 0.119 e. The van der Waals surface area contributed by atoms with Crippen LogP contribution < -0.4 is 10.1 Å². The zero-order valence-electron chi connectivity index (χ0n) is 12.5. The number of nitrogens with zero attached hydrogens (tertiary/aromatic N) is 2. The zero-order valence-corrected chi connectivity index (χ0v) is 12.5. The van der Waals surface area contributed by atoms with Crippen molar-refractivity contribution in [2.24, 2.45) is 0 Å². The quantitative estimate of drug-likeness (QED) is 0.836. The molecule has 1 aromatic carbocycles. The van der Waals surface area contributed by atoms with Crippen molar-refractivity contribution in [3.05, 3.63) is 42.2 Å². The molecule has 0 bridgehead atoms. The number of rotatable bonds is 7. The molecule has 0 atom stereocenters. The van der Waals surface area contributed by atoms with Crippen molar-refractivity contribution in [1.82, 2.24) is 9.78 Å². The third-order valence-corrected chi connectivity index (χ3v) is 2.86. The van der Waals surface area contributed by atoms with Gasteiger partial charge in [-0.25, -0.2) is 0 Å². The Hall–Kier alpha value is -1.97. The van der Waals surface area contributed by atoms with Gasteiger partial charge in [-0.15, -0.1) is 0 Å². The van der Waals surface area contributed by atoms with E-state index in [-0.39, 0.29) is 6.10 Å². The lowest BCUT2D eigenvalue weighted by atomic mass is 10.3. The molecule has 108 valence electrons. The SMILES string of the molecule is CCCn1cc(CNc2ccc(OC(C)C)cc2)cn1. The van der Waals surface area contributed by atoms with Gasteiger partial charge in [0.25, 0.3) is 0 Å². The van der Waals surface area contributed by atoms with Crippen LogP contribution in [-0.2, 0) is 13.1 Å². The second-order valence-corrected chi connectivity index (χ2v) is 5.16. The van der Waals surface area contributed by atoms with E-state index < -0.39 is 0 Å². The Bertz CT molecular complexity index is 517. The average molecular weight is 273 g/mol. The van der Waals surface area contributed by atoms with Gasteiger partial charge in [0.1, 0.15) is 5.75 Å². The minimum absolute atomic E-state index is 0.207. The van der Waals surface area contributed by atoms with Crippen LogP contribution in [0.5, 0.6) is 5.75 Å². The van der Waals surface area contributed by atoms with E-state index in [1.807, 2.05) is 49.0 Å². The Balaban J connectivity index is 1.86. The maximum absolute atomic E-state index is 5.62. The fourth-order valence-corrected chi connectivity index (χ4v) is 1.98. The van der Waals surface area contributed by atoms with Crippen molar-refractivity contribution in [3.63, 3.8) is 0 Å². The first kappa shape index (κ1) is 14.4. The summed E-state index contributed by atoms with van der Waals surface area (Å²) in [6, 6.07) is 8.05. The van der Waals surface area contributed by atoms with E-state index in [1.54, 1.807) is 0 Å². The van der Waals surface area contributed by atoms with E-state index >= 15 is 0 Å². The highest BCUT2D eigenvalue weighted by Gasteiger charge is 2.00. The number of aryl methyl sites for hydroxylation is 1. The van der Waals surface area contributed by atoms with Gasteiger partial charge in [0.15, 0.2) is 0 Å². The third kappa shape index (κ3) is 4.30. The van der Waals surface area contributed by atoms with Crippen molar-refractivity contribution in [2.75, 3.05) is 5.32 Å². The number of hydrogen-bond acceptors (Lipinski definition) is 3. The lowest BCUT2D eigenvalue weighted by molar-refractivity contribution is 0.242. The summed E-state index contributed by atoms with van der Waals surface area (Å²) in [6.07, 6.45) is 5.32. The second-order valence-electron chi connectivity index (χ2n) is 5.16. The summed E-state index contributed by atoms with van der Waals surface area (Å²) in [5.41, 5.74) is 2.28. The molecule has 0 spiro atoms. The fraction of sp³-hybridized carbons (Fsp3) is 0.438. The number of hydrogen-bond donors (Lipinski definition) is 1. The van der Waals surface area contributed by atoms with E-state index in [2.05, 4.69) is 23.5 Å². The predicted molar refractivity (Wildman–Crippen MR) is 82.1 cm³/mol.